The molecular weight excluding hydrogens is 156 g/mol. The number of allylic oxidation sites excluding steroid dienone is 1. The predicted octanol–water partition coefficient (Wildman–Crippen LogP) is 2.42. The van der Waals surface area contributed by atoms with Gasteiger partial charge in [-0.25, -0.2) is 0 Å². The van der Waals surface area contributed by atoms with Gasteiger partial charge in [0.05, 0.1) is 0 Å². The molecule has 0 bridgehead atoms. The molecule has 1 aliphatic rings. The highest BCUT2D eigenvalue weighted by Crippen LogP contribution is 2.48. The number of hydrogen-bond acceptors (Lipinski definition) is 2. The van der Waals surface area contributed by atoms with Gasteiger partial charge in [0.1, 0.15) is 6.29 Å². The summed E-state index contributed by atoms with van der Waals surface area (Å²) in [4.78, 5) is 10.5. The summed E-state index contributed by atoms with van der Waals surface area (Å²) in [6.45, 7) is 2.02. The fourth-order valence-corrected chi connectivity index (χ4v) is 1.87. The summed E-state index contributed by atoms with van der Waals surface area (Å²) in [5.41, 5.74) is 0.955. The zero-order valence-electron chi connectivity index (χ0n) is 7.09. The molecule has 1 rings (SSSR count). The first-order valence-electron chi connectivity index (χ1n) is 3.98. The molecule has 1 fully saturated rings. The van der Waals surface area contributed by atoms with Crippen molar-refractivity contribution in [3.05, 3.63) is 11.6 Å². The number of carbonyl (C=O) groups is 1. The lowest BCUT2D eigenvalue weighted by atomic mass is 10.2. The molecule has 0 unspecified atom stereocenters. The zero-order valence-corrected chi connectivity index (χ0v) is 7.91. The van der Waals surface area contributed by atoms with E-state index >= 15 is 0 Å². The van der Waals surface area contributed by atoms with E-state index in [1.165, 1.54) is 12.8 Å². The first kappa shape index (κ1) is 8.85. The number of rotatable bonds is 4. The van der Waals surface area contributed by atoms with E-state index in [2.05, 4.69) is 12.3 Å². The second-order valence-electron chi connectivity index (χ2n) is 2.96. The number of hydrogen-bond donors (Lipinski definition) is 0. The number of carbonyl (C=O) groups excluding carboxylic acids is 1. The van der Waals surface area contributed by atoms with Crippen LogP contribution in [0, 0.1) is 0 Å². The maximum atomic E-state index is 10.5. The molecule has 0 aromatic carbocycles. The first-order chi connectivity index (χ1) is 5.26. The normalized spacial score (nSPS) is 21.5. The largest absolute Gasteiger partial charge is 0.298 e. The van der Waals surface area contributed by atoms with Gasteiger partial charge >= 0.3 is 0 Å². The molecule has 11 heavy (non-hydrogen) atoms. The topological polar surface area (TPSA) is 17.1 Å². The van der Waals surface area contributed by atoms with E-state index in [1.54, 1.807) is 0 Å². The quantitative estimate of drug-likeness (QED) is 0.476. The van der Waals surface area contributed by atoms with E-state index in [0.29, 0.717) is 4.75 Å². The fourth-order valence-electron chi connectivity index (χ4n) is 1.09. The minimum absolute atomic E-state index is 0.340. The van der Waals surface area contributed by atoms with E-state index < -0.39 is 0 Å². The zero-order chi connectivity index (χ0) is 8.32. The lowest BCUT2D eigenvalue weighted by Crippen LogP contribution is -1.98. The lowest BCUT2D eigenvalue weighted by Gasteiger charge is -2.05. The summed E-state index contributed by atoms with van der Waals surface area (Å²) in [5, 5.41) is 0. The summed E-state index contributed by atoms with van der Waals surface area (Å²) in [6, 6.07) is 0. The van der Waals surface area contributed by atoms with Gasteiger partial charge in [-0.15, -0.1) is 0 Å². The van der Waals surface area contributed by atoms with Crippen LogP contribution in [-0.4, -0.2) is 17.3 Å². The van der Waals surface area contributed by atoms with E-state index in [-0.39, 0.29) is 0 Å². The second kappa shape index (κ2) is 3.44. The Bertz CT molecular complexity index is 180. The van der Waals surface area contributed by atoms with Gasteiger partial charge in [0, 0.05) is 4.75 Å². The van der Waals surface area contributed by atoms with E-state index in [1.807, 2.05) is 18.7 Å². The Labute approximate surface area is 72.2 Å². The van der Waals surface area contributed by atoms with Crippen molar-refractivity contribution in [2.45, 2.75) is 30.9 Å². The number of aldehydes is 1. The molecule has 0 aromatic heterocycles. The van der Waals surface area contributed by atoms with Crippen molar-refractivity contribution in [2.75, 3.05) is 6.26 Å². The number of thioether (sulfide) groups is 1. The van der Waals surface area contributed by atoms with Crippen LogP contribution in [0.3, 0.4) is 0 Å². The maximum Gasteiger partial charge on any atom is 0.145 e. The third kappa shape index (κ3) is 2.09. The van der Waals surface area contributed by atoms with Crippen LogP contribution in [0.25, 0.3) is 0 Å². The van der Waals surface area contributed by atoms with Gasteiger partial charge in [-0.1, -0.05) is 13.0 Å². The average molecular weight is 170 g/mol. The van der Waals surface area contributed by atoms with Crippen LogP contribution >= 0.6 is 11.8 Å². The minimum Gasteiger partial charge on any atom is -0.298 e. The average Bonchev–Trinajstić information content (AvgIpc) is 2.81. The first-order valence-corrected chi connectivity index (χ1v) is 5.21. The standard InChI is InChI=1S/C9H14OS/c1-3-8(7-10)6-9(11-2)4-5-9/h6-7H,3-5H2,1-2H3/b8-6-. The lowest BCUT2D eigenvalue weighted by molar-refractivity contribution is -0.105. The molecule has 2 heteroatoms. The molecule has 0 N–H and O–H groups in total. The van der Waals surface area contributed by atoms with Crippen LogP contribution < -0.4 is 0 Å². The third-order valence-corrected chi connectivity index (χ3v) is 3.50. The van der Waals surface area contributed by atoms with Crippen molar-refractivity contribution >= 4 is 18.0 Å². The Morgan fingerprint density at radius 2 is 2.27 bits per heavy atom. The smallest absolute Gasteiger partial charge is 0.145 e. The van der Waals surface area contributed by atoms with Gasteiger partial charge in [-0.3, -0.25) is 4.79 Å². The Morgan fingerprint density at radius 3 is 2.55 bits per heavy atom. The molecule has 0 radical (unpaired) electrons. The molecule has 0 atom stereocenters. The van der Waals surface area contributed by atoms with Crippen molar-refractivity contribution in [2.24, 2.45) is 0 Å². The Kier molecular flexibility index (Phi) is 2.77. The highest BCUT2D eigenvalue weighted by molar-refractivity contribution is 8.00. The monoisotopic (exact) mass is 170 g/mol. The van der Waals surface area contributed by atoms with Gasteiger partial charge in [0.25, 0.3) is 0 Å². The third-order valence-electron chi connectivity index (χ3n) is 2.16. The van der Waals surface area contributed by atoms with Crippen LogP contribution in [0.4, 0.5) is 0 Å². The molecule has 0 spiro atoms. The summed E-state index contributed by atoms with van der Waals surface area (Å²) in [7, 11) is 0. The minimum atomic E-state index is 0.340. The summed E-state index contributed by atoms with van der Waals surface area (Å²) < 4.78 is 0.340. The van der Waals surface area contributed by atoms with Crippen molar-refractivity contribution in [1.29, 1.82) is 0 Å². The molecule has 0 amide bonds. The molecule has 1 saturated carbocycles. The Balaban J connectivity index is 2.61. The fraction of sp³-hybridized carbons (Fsp3) is 0.667. The Morgan fingerprint density at radius 1 is 1.64 bits per heavy atom. The molecule has 1 aliphatic carbocycles. The highest BCUT2D eigenvalue weighted by atomic mass is 32.2. The van der Waals surface area contributed by atoms with Gasteiger partial charge < -0.3 is 0 Å². The summed E-state index contributed by atoms with van der Waals surface area (Å²) in [6.07, 6.45) is 8.59. The predicted molar refractivity (Wildman–Crippen MR) is 49.9 cm³/mol. The van der Waals surface area contributed by atoms with Crippen LogP contribution in [0.5, 0.6) is 0 Å². The maximum absolute atomic E-state index is 10.5. The summed E-state index contributed by atoms with van der Waals surface area (Å²) >= 11 is 1.86. The molecule has 62 valence electrons. The molecule has 0 heterocycles. The molecule has 0 saturated heterocycles. The van der Waals surface area contributed by atoms with Gasteiger partial charge in [-0.2, -0.15) is 11.8 Å². The van der Waals surface area contributed by atoms with Crippen LogP contribution in [0.15, 0.2) is 11.6 Å². The second-order valence-corrected chi connectivity index (χ2v) is 4.18. The van der Waals surface area contributed by atoms with Gasteiger partial charge in [0.2, 0.25) is 0 Å². The van der Waals surface area contributed by atoms with Crippen molar-refractivity contribution in [3.8, 4) is 0 Å². The van der Waals surface area contributed by atoms with Crippen LogP contribution in [0.2, 0.25) is 0 Å². The molecule has 0 aliphatic heterocycles. The van der Waals surface area contributed by atoms with Crippen LogP contribution in [0.1, 0.15) is 26.2 Å². The highest BCUT2D eigenvalue weighted by Gasteiger charge is 2.39. The van der Waals surface area contributed by atoms with Gasteiger partial charge in [0.15, 0.2) is 0 Å². The van der Waals surface area contributed by atoms with E-state index in [4.69, 9.17) is 0 Å². The van der Waals surface area contributed by atoms with Gasteiger partial charge in [-0.05, 0) is 31.1 Å². The van der Waals surface area contributed by atoms with E-state index in [9.17, 15) is 4.79 Å². The van der Waals surface area contributed by atoms with Crippen molar-refractivity contribution < 1.29 is 4.79 Å². The van der Waals surface area contributed by atoms with E-state index in [0.717, 1.165) is 18.3 Å². The summed E-state index contributed by atoms with van der Waals surface area (Å²) in [5.74, 6) is 0. The SMILES string of the molecule is CC/C(C=O)=C/C1(SC)CC1. The Hall–Kier alpha value is -0.240. The van der Waals surface area contributed by atoms with Crippen molar-refractivity contribution in [3.63, 3.8) is 0 Å². The van der Waals surface area contributed by atoms with Crippen LogP contribution in [-0.2, 0) is 4.79 Å². The molecule has 0 aromatic rings. The molecule has 1 nitrogen and oxygen atoms in total. The van der Waals surface area contributed by atoms with Crippen molar-refractivity contribution in [1.82, 2.24) is 0 Å². The molecular formula is C9H14OS.